The van der Waals surface area contributed by atoms with Crippen molar-refractivity contribution in [1.82, 2.24) is 5.01 Å². The normalized spacial score (nSPS) is 28.3. The lowest BCUT2D eigenvalue weighted by atomic mass is 10.1. The maximum atomic E-state index is 11.0. The van der Waals surface area contributed by atoms with Crippen LogP contribution >= 0.6 is 11.8 Å². The molecule has 1 atom stereocenters. The largest absolute Gasteiger partial charge is 0.282 e. The number of piperidine rings is 1. The molecule has 1 unspecified atom stereocenters. The molecule has 2 aliphatic rings. The molecule has 0 bridgehead atoms. The molecular formula is C7H8N2O2S. The van der Waals surface area contributed by atoms with E-state index < -0.39 is 0 Å². The summed E-state index contributed by atoms with van der Waals surface area (Å²) in [7, 11) is 0. The Morgan fingerprint density at radius 2 is 2.50 bits per heavy atom. The van der Waals surface area contributed by atoms with Gasteiger partial charge in [-0.25, -0.2) is 0 Å². The minimum absolute atomic E-state index is 0.114. The van der Waals surface area contributed by atoms with E-state index in [4.69, 9.17) is 0 Å². The Balaban J connectivity index is 2.12. The van der Waals surface area contributed by atoms with Gasteiger partial charge in [-0.3, -0.25) is 9.80 Å². The van der Waals surface area contributed by atoms with E-state index in [9.17, 15) is 9.70 Å². The van der Waals surface area contributed by atoms with E-state index >= 15 is 0 Å². The molecule has 0 N–H and O–H groups in total. The molecule has 12 heavy (non-hydrogen) atoms. The van der Waals surface area contributed by atoms with Crippen LogP contribution in [0.4, 0.5) is 0 Å². The van der Waals surface area contributed by atoms with Crippen molar-refractivity contribution in [2.45, 2.75) is 11.7 Å². The summed E-state index contributed by atoms with van der Waals surface area (Å²) in [5.74, 6) is 0. The van der Waals surface area contributed by atoms with Crippen LogP contribution in [0.1, 0.15) is 6.42 Å². The lowest BCUT2D eigenvalue weighted by molar-refractivity contribution is -0.106. The van der Waals surface area contributed by atoms with Gasteiger partial charge >= 0.3 is 0 Å². The predicted octanol–water partition coefficient (Wildman–Crippen LogP) is 0.942. The average Bonchev–Trinajstić information content (AvgIpc) is 2.43. The lowest BCUT2D eigenvalue weighted by Gasteiger charge is -2.25. The van der Waals surface area contributed by atoms with Crippen LogP contribution in [0.3, 0.4) is 0 Å². The number of carbonyl (C=O) groups is 1. The van der Waals surface area contributed by atoms with Gasteiger partial charge in [0.2, 0.25) is 5.12 Å². The van der Waals surface area contributed by atoms with E-state index in [0.29, 0.717) is 18.3 Å². The number of rotatable bonds is 1. The first-order valence-electron chi connectivity index (χ1n) is 3.79. The zero-order valence-electron chi connectivity index (χ0n) is 6.40. The van der Waals surface area contributed by atoms with E-state index in [-0.39, 0.29) is 5.12 Å². The molecule has 5 heteroatoms. The van der Waals surface area contributed by atoms with Crippen molar-refractivity contribution in [3.05, 3.63) is 16.6 Å². The Hall–Kier alpha value is -0.840. The Morgan fingerprint density at radius 3 is 3.25 bits per heavy atom. The maximum absolute atomic E-state index is 11.0. The van der Waals surface area contributed by atoms with Gasteiger partial charge in [-0.05, 0) is 18.1 Å². The summed E-state index contributed by atoms with van der Waals surface area (Å²) < 4.78 is 0. The van der Waals surface area contributed by atoms with Crippen molar-refractivity contribution < 1.29 is 4.79 Å². The standard InChI is InChI=1S/C7H8N2O2S/c10-7-3-5-4-9(8-11)2-1-6(5)12-7/h3,6H,1-2,4H2. The summed E-state index contributed by atoms with van der Waals surface area (Å²) >= 11 is 1.36. The van der Waals surface area contributed by atoms with E-state index in [2.05, 4.69) is 5.29 Å². The average molecular weight is 184 g/mol. The van der Waals surface area contributed by atoms with Crippen LogP contribution in [0.25, 0.3) is 0 Å². The zero-order valence-corrected chi connectivity index (χ0v) is 7.21. The minimum Gasteiger partial charge on any atom is -0.282 e. The van der Waals surface area contributed by atoms with Gasteiger partial charge in [0.05, 0.1) is 11.8 Å². The molecule has 2 heterocycles. The first-order chi connectivity index (χ1) is 5.79. The smallest absolute Gasteiger partial charge is 0.212 e. The highest BCUT2D eigenvalue weighted by Gasteiger charge is 2.30. The Bertz CT molecular complexity index is 264. The fourth-order valence-corrected chi connectivity index (χ4v) is 2.53. The highest BCUT2D eigenvalue weighted by atomic mass is 32.2. The number of hydrogen-bond acceptors (Lipinski definition) is 4. The summed E-state index contributed by atoms with van der Waals surface area (Å²) in [5.41, 5.74) is 1.05. The van der Waals surface area contributed by atoms with Crippen molar-refractivity contribution >= 4 is 16.9 Å². The Kier molecular flexibility index (Phi) is 1.88. The number of nitrogens with zero attached hydrogens (tertiary/aromatic N) is 2. The third-order valence-electron chi connectivity index (χ3n) is 2.11. The topological polar surface area (TPSA) is 49.7 Å². The van der Waals surface area contributed by atoms with E-state index in [1.165, 1.54) is 16.8 Å². The maximum Gasteiger partial charge on any atom is 0.212 e. The molecule has 2 aliphatic heterocycles. The lowest BCUT2D eigenvalue weighted by Crippen LogP contribution is -2.31. The van der Waals surface area contributed by atoms with E-state index in [0.717, 1.165) is 12.0 Å². The molecule has 0 radical (unpaired) electrons. The number of hydrogen-bond donors (Lipinski definition) is 0. The van der Waals surface area contributed by atoms with Crippen molar-refractivity contribution in [2.75, 3.05) is 13.1 Å². The van der Waals surface area contributed by atoms with Crippen LogP contribution in [0.15, 0.2) is 16.9 Å². The summed E-state index contributed by atoms with van der Waals surface area (Å²) in [4.78, 5) is 21.2. The minimum atomic E-state index is 0.114. The van der Waals surface area contributed by atoms with Gasteiger partial charge < -0.3 is 0 Å². The molecule has 0 aromatic carbocycles. The van der Waals surface area contributed by atoms with Crippen LogP contribution in [0.5, 0.6) is 0 Å². The van der Waals surface area contributed by atoms with Crippen molar-refractivity contribution in [1.29, 1.82) is 0 Å². The highest BCUT2D eigenvalue weighted by Crippen LogP contribution is 2.34. The van der Waals surface area contributed by atoms with Gasteiger partial charge in [0, 0.05) is 11.8 Å². The van der Waals surface area contributed by atoms with E-state index in [1.54, 1.807) is 6.08 Å². The third kappa shape index (κ3) is 1.24. The summed E-state index contributed by atoms with van der Waals surface area (Å²) in [6, 6.07) is 0. The highest BCUT2D eigenvalue weighted by molar-refractivity contribution is 8.15. The Labute approximate surface area is 73.9 Å². The molecular weight excluding hydrogens is 176 g/mol. The Morgan fingerprint density at radius 1 is 1.67 bits per heavy atom. The van der Waals surface area contributed by atoms with Gasteiger partial charge in [0.25, 0.3) is 0 Å². The van der Waals surface area contributed by atoms with Gasteiger partial charge in [-0.2, -0.15) is 0 Å². The number of thioether (sulfide) groups is 1. The van der Waals surface area contributed by atoms with Crippen molar-refractivity contribution in [3.8, 4) is 0 Å². The summed E-state index contributed by atoms with van der Waals surface area (Å²) in [5, 5.41) is 4.74. The van der Waals surface area contributed by atoms with Crippen LogP contribution in [0.2, 0.25) is 0 Å². The van der Waals surface area contributed by atoms with Gasteiger partial charge in [0.1, 0.15) is 0 Å². The molecule has 0 aromatic heterocycles. The van der Waals surface area contributed by atoms with Crippen LogP contribution < -0.4 is 0 Å². The number of fused-ring (bicyclic) bond motifs is 1. The van der Waals surface area contributed by atoms with Gasteiger partial charge in [-0.1, -0.05) is 11.8 Å². The van der Waals surface area contributed by atoms with E-state index in [1.807, 2.05) is 0 Å². The number of carbonyl (C=O) groups excluding carboxylic acids is 1. The molecule has 0 spiro atoms. The number of nitroso groups, excluding NO2 is 1. The fraction of sp³-hybridized carbons (Fsp3) is 0.571. The van der Waals surface area contributed by atoms with Crippen molar-refractivity contribution in [2.24, 2.45) is 5.29 Å². The van der Waals surface area contributed by atoms with Gasteiger partial charge in [0.15, 0.2) is 0 Å². The monoisotopic (exact) mass is 184 g/mol. The molecule has 1 saturated heterocycles. The second-order valence-corrected chi connectivity index (χ2v) is 4.11. The fourth-order valence-electron chi connectivity index (χ4n) is 1.51. The first-order valence-corrected chi connectivity index (χ1v) is 4.67. The SMILES string of the molecule is O=NN1CCC2SC(=O)C=C2C1. The molecule has 2 rings (SSSR count). The summed E-state index contributed by atoms with van der Waals surface area (Å²) in [6.45, 7) is 1.21. The molecule has 0 aromatic rings. The second-order valence-electron chi connectivity index (χ2n) is 2.90. The van der Waals surface area contributed by atoms with Crippen molar-refractivity contribution in [3.63, 3.8) is 0 Å². The predicted molar refractivity (Wildman–Crippen MR) is 46.5 cm³/mol. The molecule has 64 valence electrons. The summed E-state index contributed by atoms with van der Waals surface area (Å²) in [6.07, 6.45) is 2.49. The molecule has 0 aliphatic carbocycles. The first kappa shape index (κ1) is 7.79. The van der Waals surface area contributed by atoms with Crippen LogP contribution in [0, 0.1) is 4.91 Å². The van der Waals surface area contributed by atoms with Gasteiger partial charge in [-0.15, -0.1) is 4.91 Å². The van der Waals surface area contributed by atoms with Crippen LogP contribution in [-0.4, -0.2) is 28.5 Å². The van der Waals surface area contributed by atoms with Crippen LogP contribution in [-0.2, 0) is 4.79 Å². The molecule has 4 nitrogen and oxygen atoms in total. The quantitative estimate of drug-likeness (QED) is 0.569. The molecule has 1 fully saturated rings. The molecule has 0 saturated carbocycles. The zero-order chi connectivity index (χ0) is 8.55. The second kappa shape index (κ2) is 2.90. The third-order valence-corrected chi connectivity index (χ3v) is 3.28. The molecule has 0 amide bonds.